The summed E-state index contributed by atoms with van der Waals surface area (Å²) in [6.45, 7) is 5.66. The quantitative estimate of drug-likeness (QED) is 0.789. The molecular weight excluding hydrogens is 244 g/mol. The number of anilines is 1. The van der Waals surface area contributed by atoms with Crippen LogP contribution in [-0.4, -0.2) is 31.6 Å². The molecule has 0 aromatic heterocycles. The first-order chi connectivity index (χ1) is 8.93. The van der Waals surface area contributed by atoms with Gasteiger partial charge < -0.3 is 15.4 Å². The molecular formula is C14H20N2O3. The molecule has 2 N–H and O–H groups in total. The summed E-state index contributed by atoms with van der Waals surface area (Å²) in [5.74, 6) is -0.731. The van der Waals surface area contributed by atoms with Gasteiger partial charge in [0, 0.05) is 19.2 Å². The number of amides is 1. The fourth-order valence-corrected chi connectivity index (χ4v) is 1.80. The SMILES string of the molecule is COC(=O)C(CNc1ccc(C)cc1C)NC(C)=O. The molecule has 1 aromatic rings. The molecule has 0 bridgehead atoms. The average Bonchev–Trinajstić information content (AvgIpc) is 2.34. The van der Waals surface area contributed by atoms with Gasteiger partial charge in [-0.2, -0.15) is 0 Å². The lowest BCUT2D eigenvalue weighted by atomic mass is 10.1. The predicted molar refractivity (Wildman–Crippen MR) is 74.0 cm³/mol. The summed E-state index contributed by atoms with van der Waals surface area (Å²) < 4.78 is 4.66. The Labute approximate surface area is 113 Å². The normalized spacial score (nSPS) is 11.6. The highest BCUT2D eigenvalue weighted by Crippen LogP contribution is 2.15. The van der Waals surface area contributed by atoms with Crippen molar-refractivity contribution in [2.24, 2.45) is 0 Å². The zero-order chi connectivity index (χ0) is 14.4. The number of benzene rings is 1. The van der Waals surface area contributed by atoms with Crippen molar-refractivity contribution in [3.63, 3.8) is 0 Å². The van der Waals surface area contributed by atoms with Gasteiger partial charge in [-0.3, -0.25) is 4.79 Å². The van der Waals surface area contributed by atoms with E-state index in [0.717, 1.165) is 11.3 Å². The first-order valence-corrected chi connectivity index (χ1v) is 6.10. The fraction of sp³-hybridized carbons (Fsp3) is 0.429. The molecule has 5 nitrogen and oxygen atoms in total. The molecule has 1 rings (SSSR count). The van der Waals surface area contributed by atoms with Crippen molar-refractivity contribution in [2.75, 3.05) is 19.0 Å². The largest absolute Gasteiger partial charge is 0.467 e. The topological polar surface area (TPSA) is 67.4 Å². The van der Waals surface area contributed by atoms with Crippen molar-refractivity contribution in [1.82, 2.24) is 5.32 Å². The van der Waals surface area contributed by atoms with Crippen molar-refractivity contribution in [3.8, 4) is 0 Å². The van der Waals surface area contributed by atoms with Gasteiger partial charge in [0.15, 0.2) is 0 Å². The molecule has 0 aliphatic carbocycles. The van der Waals surface area contributed by atoms with Crippen LogP contribution < -0.4 is 10.6 Å². The number of carbonyl (C=O) groups is 2. The van der Waals surface area contributed by atoms with E-state index in [1.54, 1.807) is 0 Å². The van der Waals surface area contributed by atoms with E-state index in [4.69, 9.17) is 0 Å². The zero-order valence-electron chi connectivity index (χ0n) is 11.7. The second kappa shape index (κ2) is 6.78. The van der Waals surface area contributed by atoms with Gasteiger partial charge in [-0.05, 0) is 25.5 Å². The molecule has 104 valence electrons. The van der Waals surface area contributed by atoms with Gasteiger partial charge in [0.05, 0.1) is 7.11 Å². The number of hydrogen-bond acceptors (Lipinski definition) is 4. The fourth-order valence-electron chi connectivity index (χ4n) is 1.80. The van der Waals surface area contributed by atoms with Gasteiger partial charge >= 0.3 is 5.97 Å². The van der Waals surface area contributed by atoms with E-state index in [1.165, 1.54) is 19.6 Å². The summed E-state index contributed by atoms with van der Waals surface area (Å²) in [6.07, 6.45) is 0. The first kappa shape index (κ1) is 15.0. The lowest BCUT2D eigenvalue weighted by molar-refractivity contribution is -0.144. The molecule has 1 unspecified atom stereocenters. The first-order valence-electron chi connectivity index (χ1n) is 6.10. The molecule has 0 saturated heterocycles. The summed E-state index contributed by atoms with van der Waals surface area (Å²) in [7, 11) is 1.30. The van der Waals surface area contributed by atoms with E-state index in [1.807, 2.05) is 32.0 Å². The summed E-state index contributed by atoms with van der Waals surface area (Å²) in [5, 5.41) is 5.70. The minimum Gasteiger partial charge on any atom is -0.467 e. The molecule has 1 amide bonds. The van der Waals surface area contributed by atoms with Crippen LogP contribution in [0.4, 0.5) is 5.69 Å². The highest BCUT2D eigenvalue weighted by molar-refractivity contribution is 5.83. The van der Waals surface area contributed by atoms with Crippen molar-refractivity contribution >= 4 is 17.6 Å². The van der Waals surface area contributed by atoms with E-state index in [9.17, 15) is 9.59 Å². The van der Waals surface area contributed by atoms with E-state index < -0.39 is 12.0 Å². The lowest BCUT2D eigenvalue weighted by Crippen LogP contribution is -2.45. The third kappa shape index (κ3) is 4.62. The minimum absolute atomic E-state index is 0.266. The van der Waals surface area contributed by atoms with Gasteiger partial charge in [0.2, 0.25) is 5.91 Å². The average molecular weight is 264 g/mol. The Kier molecular flexibility index (Phi) is 5.36. The van der Waals surface area contributed by atoms with Crippen LogP contribution in [0.3, 0.4) is 0 Å². The van der Waals surface area contributed by atoms with E-state index >= 15 is 0 Å². The van der Waals surface area contributed by atoms with Crippen LogP contribution in [-0.2, 0) is 14.3 Å². The highest BCUT2D eigenvalue weighted by atomic mass is 16.5. The standard InChI is InChI=1S/C14H20N2O3/c1-9-5-6-12(10(2)7-9)15-8-13(14(18)19-4)16-11(3)17/h5-7,13,15H,8H2,1-4H3,(H,16,17). The number of methoxy groups -OCH3 is 1. The summed E-state index contributed by atoms with van der Waals surface area (Å²) in [4.78, 5) is 22.6. The van der Waals surface area contributed by atoms with Crippen molar-refractivity contribution < 1.29 is 14.3 Å². The Morgan fingerprint density at radius 3 is 2.53 bits per heavy atom. The number of carbonyl (C=O) groups excluding carboxylic acids is 2. The van der Waals surface area contributed by atoms with Crippen LogP contribution in [0.1, 0.15) is 18.1 Å². The summed E-state index contributed by atoms with van der Waals surface area (Å²) in [6, 6.07) is 5.30. The van der Waals surface area contributed by atoms with Crippen LogP contribution in [0, 0.1) is 13.8 Å². The smallest absolute Gasteiger partial charge is 0.330 e. The van der Waals surface area contributed by atoms with E-state index in [0.29, 0.717) is 0 Å². The third-order valence-corrected chi connectivity index (χ3v) is 2.74. The molecule has 19 heavy (non-hydrogen) atoms. The van der Waals surface area contributed by atoms with Gasteiger partial charge in [-0.25, -0.2) is 4.79 Å². The van der Waals surface area contributed by atoms with Crippen LogP contribution in [0.2, 0.25) is 0 Å². The number of nitrogens with one attached hydrogen (secondary N) is 2. The molecule has 0 radical (unpaired) electrons. The summed E-state index contributed by atoms with van der Waals surface area (Å²) >= 11 is 0. The van der Waals surface area contributed by atoms with Crippen molar-refractivity contribution in [3.05, 3.63) is 29.3 Å². The Bertz CT molecular complexity index is 472. The van der Waals surface area contributed by atoms with E-state index in [2.05, 4.69) is 15.4 Å². The van der Waals surface area contributed by atoms with Gasteiger partial charge in [0.1, 0.15) is 6.04 Å². The Morgan fingerprint density at radius 2 is 2.00 bits per heavy atom. The number of ether oxygens (including phenoxy) is 1. The molecule has 5 heteroatoms. The number of aryl methyl sites for hydroxylation is 2. The maximum Gasteiger partial charge on any atom is 0.330 e. The van der Waals surface area contributed by atoms with Crippen LogP contribution in [0.5, 0.6) is 0 Å². The molecule has 1 atom stereocenters. The zero-order valence-corrected chi connectivity index (χ0v) is 11.7. The molecule has 0 fully saturated rings. The van der Waals surface area contributed by atoms with Crippen molar-refractivity contribution in [2.45, 2.75) is 26.8 Å². The second-order valence-electron chi connectivity index (χ2n) is 4.48. The summed E-state index contributed by atoms with van der Waals surface area (Å²) in [5.41, 5.74) is 3.20. The molecule has 0 saturated carbocycles. The Morgan fingerprint density at radius 1 is 1.32 bits per heavy atom. The molecule has 0 aliphatic heterocycles. The van der Waals surface area contributed by atoms with Crippen molar-refractivity contribution in [1.29, 1.82) is 0 Å². The van der Waals surface area contributed by atoms with Crippen LogP contribution >= 0.6 is 0 Å². The Balaban J connectivity index is 2.70. The maximum atomic E-state index is 11.5. The number of rotatable bonds is 5. The van der Waals surface area contributed by atoms with Crippen LogP contribution in [0.25, 0.3) is 0 Å². The molecule has 0 spiro atoms. The number of esters is 1. The Hall–Kier alpha value is -2.04. The minimum atomic E-state index is -0.691. The monoisotopic (exact) mass is 264 g/mol. The second-order valence-corrected chi connectivity index (χ2v) is 4.48. The molecule has 1 aromatic carbocycles. The van der Waals surface area contributed by atoms with Gasteiger partial charge in [-0.15, -0.1) is 0 Å². The molecule has 0 heterocycles. The van der Waals surface area contributed by atoms with Gasteiger partial charge in [-0.1, -0.05) is 17.7 Å². The van der Waals surface area contributed by atoms with E-state index in [-0.39, 0.29) is 12.5 Å². The lowest BCUT2D eigenvalue weighted by Gasteiger charge is -2.18. The molecule has 0 aliphatic rings. The highest BCUT2D eigenvalue weighted by Gasteiger charge is 2.19. The van der Waals surface area contributed by atoms with Crippen LogP contribution in [0.15, 0.2) is 18.2 Å². The number of hydrogen-bond donors (Lipinski definition) is 2. The van der Waals surface area contributed by atoms with Gasteiger partial charge in [0.25, 0.3) is 0 Å². The maximum absolute atomic E-state index is 11.5. The predicted octanol–water partition coefficient (Wildman–Crippen LogP) is 1.39. The third-order valence-electron chi connectivity index (χ3n) is 2.74.